The van der Waals surface area contributed by atoms with Gasteiger partial charge in [0.25, 0.3) is 5.91 Å². The summed E-state index contributed by atoms with van der Waals surface area (Å²) in [6.45, 7) is 2.59. The third kappa shape index (κ3) is 2.70. The monoisotopic (exact) mass is 360 g/mol. The molecule has 2 unspecified atom stereocenters. The van der Waals surface area contributed by atoms with Gasteiger partial charge in [0.15, 0.2) is 5.82 Å². The third-order valence-electron chi connectivity index (χ3n) is 5.53. The Labute approximate surface area is 157 Å². The summed E-state index contributed by atoms with van der Waals surface area (Å²) in [6.07, 6.45) is 5.93. The number of carbonyl (C=O) groups is 1. The number of hydrogen-bond acceptors (Lipinski definition) is 5. The fraction of sp³-hybridized carbons (Fsp3) is 0.350. The van der Waals surface area contributed by atoms with Crippen molar-refractivity contribution in [1.29, 1.82) is 0 Å². The fourth-order valence-electron chi connectivity index (χ4n) is 4.21. The third-order valence-corrected chi connectivity index (χ3v) is 5.53. The second-order valence-electron chi connectivity index (χ2n) is 7.26. The minimum atomic E-state index is -0.0324. The summed E-state index contributed by atoms with van der Waals surface area (Å²) >= 11 is 0. The molecule has 3 aromatic rings. The summed E-state index contributed by atoms with van der Waals surface area (Å²) in [5, 5.41) is 8.87. The maximum absolute atomic E-state index is 13.1. The molecule has 1 saturated heterocycles. The van der Waals surface area contributed by atoms with Crippen molar-refractivity contribution >= 4 is 5.91 Å². The molecule has 4 heterocycles. The molecular weight excluding hydrogens is 340 g/mol. The zero-order chi connectivity index (χ0) is 18.4. The minimum Gasteiger partial charge on any atom is -0.329 e. The van der Waals surface area contributed by atoms with Crippen molar-refractivity contribution in [1.82, 2.24) is 29.6 Å². The van der Waals surface area contributed by atoms with E-state index < -0.39 is 0 Å². The van der Waals surface area contributed by atoms with Gasteiger partial charge in [0.05, 0.1) is 17.9 Å². The van der Waals surface area contributed by atoms with E-state index in [4.69, 9.17) is 0 Å². The van der Waals surface area contributed by atoms with Gasteiger partial charge in [-0.1, -0.05) is 30.3 Å². The van der Waals surface area contributed by atoms with E-state index in [0.717, 1.165) is 42.2 Å². The van der Waals surface area contributed by atoms with Crippen LogP contribution in [0.2, 0.25) is 0 Å². The number of nitrogens with zero attached hydrogens (tertiary/aromatic N) is 6. The molecule has 5 rings (SSSR count). The molecule has 7 heteroatoms. The van der Waals surface area contributed by atoms with E-state index in [1.54, 1.807) is 12.4 Å². The van der Waals surface area contributed by atoms with Crippen LogP contribution in [0.4, 0.5) is 0 Å². The Bertz CT molecular complexity index is 981. The maximum atomic E-state index is 13.1. The van der Waals surface area contributed by atoms with Gasteiger partial charge in [0.1, 0.15) is 11.5 Å². The molecule has 1 amide bonds. The summed E-state index contributed by atoms with van der Waals surface area (Å²) < 4.78 is 2.18. The van der Waals surface area contributed by atoms with E-state index >= 15 is 0 Å². The number of fused-ring (bicyclic) bond motifs is 3. The topological polar surface area (TPSA) is 76.8 Å². The molecule has 2 aliphatic heterocycles. The molecule has 0 spiro atoms. The van der Waals surface area contributed by atoms with E-state index in [9.17, 15) is 4.79 Å². The molecule has 7 nitrogen and oxygen atoms in total. The second-order valence-corrected chi connectivity index (χ2v) is 7.26. The normalized spacial score (nSPS) is 21.0. The van der Waals surface area contributed by atoms with Gasteiger partial charge in [-0.25, -0.2) is 4.98 Å². The van der Waals surface area contributed by atoms with Gasteiger partial charge in [0, 0.05) is 30.8 Å². The van der Waals surface area contributed by atoms with Crippen molar-refractivity contribution in [2.45, 2.75) is 44.8 Å². The van der Waals surface area contributed by atoms with Gasteiger partial charge in [-0.2, -0.15) is 0 Å². The Morgan fingerprint density at radius 3 is 2.63 bits per heavy atom. The van der Waals surface area contributed by atoms with E-state index in [0.29, 0.717) is 12.2 Å². The standard InChI is InChI=1S/C20H20N6O/c1-13-10-22-17(11-21-13)20(27)26-15-7-8-16(26)12-25-18(9-15)23-24-19(25)14-5-3-2-4-6-14/h2-6,10-11,15-16H,7-9,12H2,1H3. The van der Waals surface area contributed by atoms with Crippen molar-refractivity contribution < 1.29 is 4.79 Å². The molecule has 0 aliphatic carbocycles. The Morgan fingerprint density at radius 1 is 1.04 bits per heavy atom. The summed E-state index contributed by atoms with van der Waals surface area (Å²) in [5.74, 6) is 1.80. The van der Waals surface area contributed by atoms with Gasteiger partial charge in [-0.05, 0) is 19.8 Å². The summed E-state index contributed by atoms with van der Waals surface area (Å²) in [4.78, 5) is 23.7. The average Bonchev–Trinajstić information content (AvgIpc) is 3.22. The van der Waals surface area contributed by atoms with Gasteiger partial charge < -0.3 is 9.47 Å². The van der Waals surface area contributed by atoms with E-state index in [1.165, 1.54) is 0 Å². The molecule has 2 aliphatic rings. The Balaban J connectivity index is 1.48. The van der Waals surface area contributed by atoms with Crippen LogP contribution >= 0.6 is 0 Å². The SMILES string of the molecule is Cc1cnc(C(=O)N2C3CCC2Cn2c(nnc2-c2ccccc2)C3)cn1. The quantitative estimate of drug-likeness (QED) is 0.701. The molecule has 0 N–H and O–H groups in total. The maximum Gasteiger partial charge on any atom is 0.274 e. The van der Waals surface area contributed by atoms with Crippen molar-refractivity contribution in [2.75, 3.05) is 0 Å². The van der Waals surface area contributed by atoms with Gasteiger partial charge in [0.2, 0.25) is 0 Å². The number of amides is 1. The number of aryl methyl sites for hydroxylation is 1. The van der Waals surface area contributed by atoms with Crippen molar-refractivity contribution in [3.63, 3.8) is 0 Å². The van der Waals surface area contributed by atoms with Crippen LogP contribution in [-0.2, 0) is 13.0 Å². The first-order valence-corrected chi connectivity index (χ1v) is 9.29. The first-order chi connectivity index (χ1) is 13.2. The Kier molecular flexibility index (Phi) is 3.74. The number of aromatic nitrogens is 5. The summed E-state index contributed by atoms with van der Waals surface area (Å²) in [6, 6.07) is 10.4. The minimum absolute atomic E-state index is 0.0324. The van der Waals surface area contributed by atoms with Crippen LogP contribution in [0.3, 0.4) is 0 Å². The molecule has 27 heavy (non-hydrogen) atoms. The van der Waals surface area contributed by atoms with Crippen LogP contribution in [0.15, 0.2) is 42.7 Å². The van der Waals surface area contributed by atoms with E-state index in [2.05, 4.69) is 24.7 Å². The number of carbonyl (C=O) groups excluding carboxylic acids is 1. The van der Waals surface area contributed by atoms with Crippen molar-refractivity contribution in [3.8, 4) is 11.4 Å². The average molecular weight is 360 g/mol. The molecule has 136 valence electrons. The lowest BCUT2D eigenvalue weighted by Crippen LogP contribution is -2.42. The smallest absolute Gasteiger partial charge is 0.274 e. The summed E-state index contributed by atoms with van der Waals surface area (Å²) in [5.41, 5.74) is 2.28. The number of rotatable bonds is 2. The highest BCUT2D eigenvalue weighted by molar-refractivity contribution is 5.92. The van der Waals surface area contributed by atoms with Crippen LogP contribution in [0.1, 0.15) is 34.8 Å². The molecular formula is C20H20N6O. The van der Waals surface area contributed by atoms with Gasteiger partial charge in [-0.15, -0.1) is 10.2 Å². The first kappa shape index (κ1) is 16.1. The van der Waals surface area contributed by atoms with E-state index in [-0.39, 0.29) is 18.0 Å². The van der Waals surface area contributed by atoms with Crippen molar-refractivity contribution in [2.24, 2.45) is 0 Å². The first-order valence-electron chi connectivity index (χ1n) is 9.29. The predicted molar refractivity (Wildman–Crippen MR) is 98.9 cm³/mol. The van der Waals surface area contributed by atoms with Crippen molar-refractivity contribution in [3.05, 3.63) is 59.9 Å². The zero-order valence-corrected chi connectivity index (χ0v) is 15.1. The molecule has 1 aromatic carbocycles. The van der Waals surface area contributed by atoms with Crippen LogP contribution in [0.5, 0.6) is 0 Å². The Hall–Kier alpha value is -3.09. The van der Waals surface area contributed by atoms with Crippen LogP contribution in [0.25, 0.3) is 11.4 Å². The molecule has 2 atom stereocenters. The molecule has 2 bridgehead atoms. The molecule has 1 fully saturated rings. The summed E-state index contributed by atoms with van der Waals surface area (Å²) in [7, 11) is 0. The van der Waals surface area contributed by atoms with Crippen LogP contribution < -0.4 is 0 Å². The molecule has 0 saturated carbocycles. The highest BCUT2D eigenvalue weighted by Gasteiger charge is 2.41. The predicted octanol–water partition coefficient (Wildman–Crippen LogP) is 2.27. The number of hydrogen-bond donors (Lipinski definition) is 0. The molecule has 0 radical (unpaired) electrons. The second kappa shape index (κ2) is 6.26. The lowest BCUT2D eigenvalue weighted by Gasteiger charge is -2.27. The highest BCUT2D eigenvalue weighted by atomic mass is 16.2. The lowest BCUT2D eigenvalue weighted by atomic mass is 10.1. The zero-order valence-electron chi connectivity index (χ0n) is 15.1. The van der Waals surface area contributed by atoms with Gasteiger partial charge in [-0.3, -0.25) is 9.78 Å². The van der Waals surface area contributed by atoms with Crippen LogP contribution in [0, 0.1) is 6.92 Å². The number of benzene rings is 1. The largest absolute Gasteiger partial charge is 0.329 e. The Morgan fingerprint density at radius 2 is 1.85 bits per heavy atom. The molecule has 2 aromatic heterocycles. The van der Waals surface area contributed by atoms with Crippen LogP contribution in [-0.4, -0.2) is 47.6 Å². The highest BCUT2D eigenvalue weighted by Crippen LogP contribution is 2.34. The lowest BCUT2D eigenvalue weighted by molar-refractivity contribution is 0.0659. The fourth-order valence-corrected chi connectivity index (χ4v) is 4.21. The van der Waals surface area contributed by atoms with E-state index in [1.807, 2.05) is 42.2 Å². The van der Waals surface area contributed by atoms with Gasteiger partial charge >= 0.3 is 0 Å².